The second kappa shape index (κ2) is 6.60. The van der Waals surface area contributed by atoms with Crippen LogP contribution in [0, 0.1) is 0 Å². The minimum absolute atomic E-state index is 0.188. The highest BCUT2D eigenvalue weighted by Gasteiger charge is 2.18. The summed E-state index contributed by atoms with van der Waals surface area (Å²) in [5, 5.41) is 9.33. The first-order valence-electron chi connectivity index (χ1n) is 6.79. The third-order valence-corrected chi connectivity index (χ3v) is 3.27. The van der Waals surface area contributed by atoms with Gasteiger partial charge in [0.25, 0.3) is 5.56 Å². The van der Waals surface area contributed by atoms with Crippen LogP contribution in [0.1, 0.15) is 26.7 Å². The Morgan fingerprint density at radius 1 is 1.40 bits per heavy atom. The Kier molecular flexibility index (Phi) is 5.38. The molecule has 1 aromatic rings. The molecule has 0 aliphatic carbocycles. The zero-order chi connectivity index (χ0) is 15.4. The van der Waals surface area contributed by atoms with Crippen LogP contribution >= 0.6 is 0 Å². The zero-order valence-electron chi connectivity index (χ0n) is 12.6. The Morgan fingerprint density at radius 3 is 2.50 bits per heavy atom. The third-order valence-electron chi connectivity index (χ3n) is 3.27. The average Bonchev–Trinajstić information content (AvgIpc) is 2.39. The summed E-state index contributed by atoms with van der Waals surface area (Å²) in [7, 11) is 3.18. The van der Waals surface area contributed by atoms with Crippen LogP contribution in [-0.4, -0.2) is 33.9 Å². The van der Waals surface area contributed by atoms with Crippen molar-refractivity contribution in [3.8, 4) is 0 Å². The van der Waals surface area contributed by atoms with E-state index >= 15 is 0 Å². The first kappa shape index (κ1) is 16.3. The van der Waals surface area contributed by atoms with Gasteiger partial charge < -0.3 is 15.7 Å². The highest BCUT2D eigenvalue weighted by molar-refractivity contribution is 5.62. The van der Waals surface area contributed by atoms with Gasteiger partial charge in [-0.15, -0.1) is 0 Å². The van der Waals surface area contributed by atoms with Gasteiger partial charge in [-0.05, 0) is 19.8 Å². The first-order chi connectivity index (χ1) is 9.31. The molecule has 0 aliphatic heterocycles. The molecule has 1 heterocycles. The summed E-state index contributed by atoms with van der Waals surface area (Å²) in [5.41, 5.74) is 5.49. The molecule has 0 fully saturated rings. The number of anilines is 2. The van der Waals surface area contributed by atoms with E-state index in [4.69, 9.17) is 5.73 Å². The van der Waals surface area contributed by atoms with Crippen molar-refractivity contribution in [2.24, 2.45) is 7.05 Å². The van der Waals surface area contributed by atoms with Gasteiger partial charge in [-0.25, -0.2) is 4.79 Å². The summed E-state index contributed by atoms with van der Waals surface area (Å²) in [5.74, 6) is 0.188. The second-order valence-corrected chi connectivity index (χ2v) is 5.09. The van der Waals surface area contributed by atoms with Gasteiger partial charge in [0.2, 0.25) is 0 Å². The summed E-state index contributed by atoms with van der Waals surface area (Å²) < 4.78 is 2.48. The summed E-state index contributed by atoms with van der Waals surface area (Å²) in [6.07, 6.45) is 0.814. The lowest BCUT2D eigenvalue weighted by Gasteiger charge is -2.23. The summed E-state index contributed by atoms with van der Waals surface area (Å²) >= 11 is 0. The Morgan fingerprint density at radius 2 is 2.00 bits per heavy atom. The molecule has 0 bridgehead atoms. The number of nitrogens with zero attached hydrogens (tertiary/aromatic N) is 3. The third kappa shape index (κ3) is 3.22. The smallest absolute Gasteiger partial charge is 0.332 e. The van der Waals surface area contributed by atoms with Crippen molar-refractivity contribution < 1.29 is 5.11 Å². The van der Waals surface area contributed by atoms with Crippen molar-refractivity contribution >= 4 is 11.5 Å². The quantitative estimate of drug-likeness (QED) is 0.751. The minimum Gasteiger partial charge on any atom is -0.393 e. The number of aromatic nitrogens is 2. The van der Waals surface area contributed by atoms with E-state index in [1.165, 1.54) is 11.6 Å². The number of nitrogens with two attached hydrogens (primary N) is 1. The standard InChI is InChI=1S/C13H24N4O3/c1-5-7-17-11(14)10(12(19)16(4)13(17)20)15(3)8-6-9(2)18/h9,18H,5-8,14H2,1-4H3. The first-order valence-corrected chi connectivity index (χ1v) is 6.79. The van der Waals surface area contributed by atoms with Gasteiger partial charge in [-0.1, -0.05) is 6.92 Å². The Balaban J connectivity index is 3.32. The van der Waals surface area contributed by atoms with Gasteiger partial charge in [0.15, 0.2) is 0 Å². The van der Waals surface area contributed by atoms with Gasteiger partial charge >= 0.3 is 5.69 Å². The Bertz CT molecular complexity index is 574. The molecule has 1 unspecified atom stereocenters. The second-order valence-electron chi connectivity index (χ2n) is 5.09. The van der Waals surface area contributed by atoms with E-state index in [0.717, 1.165) is 11.0 Å². The van der Waals surface area contributed by atoms with Gasteiger partial charge in [-0.3, -0.25) is 13.9 Å². The highest BCUT2D eigenvalue weighted by atomic mass is 16.3. The van der Waals surface area contributed by atoms with Crippen molar-refractivity contribution in [1.29, 1.82) is 0 Å². The van der Waals surface area contributed by atoms with Crippen LogP contribution in [0.15, 0.2) is 9.59 Å². The van der Waals surface area contributed by atoms with E-state index in [9.17, 15) is 14.7 Å². The Labute approximate surface area is 118 Å². The molecule has 1 atom stereocenters. The average molecular weight is 284 g/mol. The maximum Gasteiger partial charge on any atom is 0.332 e. The Hall–Kier alpha value is -1.76. The molecule has 1 aromatic heterocycles. The minimum atomic E-state index is -0.455. The number of rotatable bonds is 6. The fraction of sp³-hybridized carbons (Fsp3) is 0.692. The summed E-state index contributed by atoms with van der Waals surface area (Å²) in [4.78, 5) is 25.9. The van der Waals surface area contributed by atoms with Crippen LogP contribution in [0.3, 0.4) is 0 Å². The number of hydrogen-bond acceptors (Lipinski definition) is 5. The monoisotopic (exact) mass is 284 g/mol. The normalized spacial score (nSPS) is 12.4. The van der Waals surface area contributed by atoms with Crippen molar-refractivity contribution in [1.82, 2.24) is 9.13 Å². The van der Waals surface area contributed by atoms with Gasteiger partial charge in [0.05, 0.1) is 6.10 Å². The largest absolute Gasteiger partial charge is 0.393 e. The molecule has 0 aliphatic rings. The number of hydrogen-bond donors (Lipinski definition) is 2. The maximum absolute atomic E-state index is 12.2. The van der Waals surface area contributed by atoms with E-state index in [2.05, 4.69) is 0 Å². The molecule has 0 amide bonds. The summed E-state index contributed by atoms with van der Waals surface area (Å²) in [6, 6.07) is 0. The molecule has 0 aromatic carbocycles. The van der Waals surface area contributed by atoms with E-state index in [1.54, 1.807) is 18.9 Å². The van der Waals surface area contributed by atoms with Gasteiger partial charge in [0.1, 0.15) is 11.5 Å². The van der Waals surface area contributed by atoms with Crippen molar-refractivity contribution in [3.05, 3.63) is 20.8 Å². The van der Waals surface area contributed by atoms with Crippen LogP contribution in [0.4, 0.5) is 11.5 Å². The van der Waals surface area contributed by atoms with Crippen LogP contribution in [0.5, 0.6) is 0 Å². The van der Waals surface area contributed by atoms with Crippen molar-refractivity contribution in [3.63, 3.8) is 0 Å². The number of nitrogen functional groups attached to an aromatic ring is 1. The van der Waals surface area contributed by atoms with Crippen LogP contribution in [0.25, 0.3) is 0 Å². The lowest BCUT2D eigenvalue weighted by Crippen LogP contribution is -2.43. The van der Waals surface area contributed by atoms with Crippen molar-refractivity contribution in [2.75, 3.05) is 24.2 Å². The predicted molar refractivity (Wildman–Crippen MR) is 80.2 cm³/mol. The molecule has 20 heavy (non-hydrogen) atoms. The van der Waals surface area contributed by atoms with Gasteiger partial charge in [0, 0.05) is 27.2 Å². The molecule has 0 radical (unpaired) electrons. The molecule has 1 rings (SSSR count). The lowest BCUT2D eigenvalue weighted by molar-refractivity contribution is 0.187. The molecule has 3 N–H and O–H groups in total. The highest BCUT2D eigenvalue weighted by Crippen LogP contribution is 2.16. The van der Waals surface area contributed by atoms with Crippen LogP contribution < -0.4 is 21.9 Å². The van der Waals surface area contributed by atoms with Gasteiger partial charge in [-0.2, -0.15) is 0 Å². The fourth-order valence-electron chi connectivity index (χ4n) is 2.06. The topological polar surface area (TPSA) is 93.5 Å². The van der Waals surface area contributed by atoms with Crippen LogP contribution in [0.2, 0.25) is 0 Å². The molecule has 7 nitrogen and oxygen atoms in total. The van der Waals surface area contributed by atoms with Crippen LogP contribution in [-0.2, 0) is 13.6 Å². The molecular weight excluding hydrogens is 260 g/mol. The van der Waals surface area contributed by atoms with Crippen molar-refractivity contribution in [2.45, 2.75) is 39.3 Å². The van der Waals surface area contributed by atoms with E-state index < -0.39 is 17.4 Å². The maximum atomic E-state index is 12.2. The molecule has 0 spiro atoms. The fourth-order valence-corrected chi connectivity index (χ4v) is 2.06. The number of aliphatic hydroxyl groups excluding tert-OH is 1. The molecule has 0 saturated carbocycles. The van der Waals surface area contributed by atoms with E-state index in [-0.39, 0.29) is 5.82 Å². The SMILES string of the molecule is CCCn1c(N)c(N(C)CCC(C)O)c(=O)n(C)c1=O. The lowest BCUT2D eigenvalue weighted by atomic mass is 10.2. The van der Waals surface area contributed by atoms with E-state index in [0.29, 0.717) is 25.2 Å². The summed E-state index contributed by atoms with van der Waals surface area (Å²) in [6.45, 7) is 4.58. The van der Waals surface area contributed by atoms with E-state index in [1.807, 2.05) is 6.92 Å². The molecule has 7 heteroatoms. The molecule has 0 saturated heterocycles. The zero-order valence-corrected chi connectivity index (χ0v) is 12.6. The molecule has 114 valence electrons. The predicted octanol–water partition coefficient (Wildman–Crippen LogP) is -0.254. The molecular formula is C13H24N4O3. The number of aliphatic hydroxyl groups is 1.